The highest BCUT2D eigenvalue weighted by atomic mass is 32.1. The monoisotopic (exact) mass is 223 g/mol. The van der Waals surface area contributed by atoms with E-state index in [9.17, 15) is 0 Å². The Balaban J connectivity index is 2.32. The minimum Gasteiger partial charge on any atom is -0.295 e. The molecule has 1 aromatic rings. The van der Waals surface area contributed by atoms with Gasteiger partial charge in [0, 0.05) is 18.0 Å². The fourth-order valence-electron chi connectivity index (χ4n) is 1.63. The lowest BCUT2D eigenvalue weighted by atomic mass is 10.2. The molecule has 0 aromatic carbocycles. The molecule has 0 bridgehead atoms. The first-order valence-corrected chi connectivity index (χ1v) is 6.60. The average Bonchev–Trinajstić information content (AvgIpc) is 2.71. The Kier molecular flexibility index (Phi) is 6.37. The van der Waals surface area contributed by atoms with Crippen LogP contribution in [0.3, 0.4) is 0 Å². The van der Waals surface area contributed by atoms with E-state index in [-0.39, 0.29) is 0 Å². The Hall–Kier alpha value is -0.600. The molecule has 1 heterocycles. The predicted octanol–water partition coefficient (Wildman–Crippen LogP) is 3.93. The van der Waals surface area contributed by atoms with Gasteiger partial charge in [0.05, 0.1) is 0 Å². The largest absolute Gasteiger partial charge is 0.295 e. The summed E-state index contributed by atoms with van der Waals surface area (Å²) in [7, 11) is 0. The zero-order valence-corrected chi connectivity index (χ0v) is 10.4. The van der Waals surface area contributed by atoms with Gasteiger partial charge in [0.2, 0.25) is 0 Å². The van der Waals surface area contributed by atoms with Crippen LogP contribution in [0.25, 0.3) is 0 Å². The van der Waals surface area contributed by atoms with Crippen LogP contribution < -0.4 is 0 Å². The molecule has 1 aromatic heterocycles. The van der Waals surface area contributed by atoms with Gasteiger partial charge < -0.3 is 0 Å². The van der Waals surface area contributed by atoms with Crippen molar-refractivity contribution in [2.24, 2.45) is 0 Å². The summed E-state index contributed by atoms with van der Waals surface area (Å²) in [5.74, 6) is 0. The second-order valence-corrected chi connectivity index (χ2v) is 4.84. The first-order valence-electron chi connectivity index (χ1n) is 5.72. The molecule has 0 saturated carbocycles. The molecule has 1 rings (SSSR count). The van der Waals surface area contributed by atoms with Crippen LogP contribution >= 0.6 is 11.3 Å². The molecular formula is C13H21NS. The van der Waals surface area contributed by atoms with Gasteiger partial charge in [-0.3, -0.25) is 4.90 Å². The Labute approximate surface area is 97.4 Å². The third-order valence-corrected chi connectivity index (χ3v) is 3.29. The molecular weight excluding hydrogens is 202 g/mol. The number of thiophene rings is 1. The maximum absolute atomic E-state index is 3.82. The number of hydrogen-bond donors (Lipinski definition) is 0. The molecule has 0 fully saturated rings. The Bertz CT molecular complexity index is 254. The molecule has 0 unspecified atom stereocenters. The third-order valence-electron chi connectivity index (χ3n) is 2.42. The highest BCUT2D eigenvalue weighted by molar-refractivity contribution is 7.09. The minimum atomic E-state index is 1.00. The summed E-state index contributed by atoms with van der Waals surface area (Å²) in [4.78, 5) is 3.92. The van der Waals surface area contributed by atoms with Crippen molar-refractivity contribution in [1.29, 1.82) is 0 Å². The van der Waals surface area contributed by atoms with Crippen LogP contribution in [-0.4, -0.2) is 18.0 Å². The van der Waals surface area contributed by atoms with Crippen molar-refractivity contribution < 1.29 is 0 Å². The summed E-state index contributed by atoms with van der Waals surface area (Å²) in [6.45, 7) is 9.34. The summed E-state index contributed by atoms with van der Waals surface area (Å²) in [6.07, 6.45) is 5.92. The van der Waals surface area contributed by atoms with E-state index in [0.717, 1.165) is 13.1 Å². The van der Waals surface area contributed by atoms with Crippen LogP contribution in [0, 0.1) is 0 Å². The van der Waals surface area contributed by atoms with Crippen molar-refractivity contribution >= 4 is 11.3 Å². The predicted molar refractivity (Wildman–Crippen MR) is 69.3 cm³/mol. The first-order chi connectivity index (χ1) is 7.36. The highest BCUT2D eigenvalue weighted by Gasteiger charge is 2.04. The van der Waals surface area contributed by atoms with Crippen LogP contribution in [-0.2, 0) is 6.54 Å². The van der Waals surface area contributed by atoms with E-state index in [1.165, 1.54) is 30.7 Å². The van der Waals surface area contributed by atoms with Crippen molar-refractivity contribution in [1.82, 2.24) is 4.90 Å². The minimum absolute atomic E-state index is 1.00. The number of unbranched alkanes of at least 4 members (excludes halogenated alkanes) is 2. The molecule has 1 nitrogen and oxygen atoms in total. The molecule has 0 N–H and O–H groups in total. The summed E-state index contributed by atoms with van der Waals surface area (Å²) >= 11 is 1.84. The van der Waals surface area contributed by atoms with Gasteiger partial charge in [-0.2, -0.15) is 0 Å². The topological polar surface area (TPSA) is 3.24 Å². The third kappa shape index (κ3) is 5.14. The lowest BCUT2D eigenvalue weighted by molar-refractivity contribution is 0.290. The number of nitrogens with zero attached hydrogens (tertiary/aromatic N) is 1. The quantitative estimate of drug-likeness (QED) is 0.477. The summed E-state index contributed by atoms with van der Waals surface area (Å²) in [5.41, 5.74) is 0. The van der Waals surface area contributed by atoms with Crippen molar-refractivity contribution in [3.63, 3.8) is 0 Å². The summed E-state index contributed by atoms with van der Waals surface area (Å²) in [5, 5.41) is 2.15. The van der Waals surface area contributed by atoms with E-state index in [0.29, 0.717) is 0 Å². The van der Waals surface area contributed by atoms with Gasteiger partial charge in [-0.1, -0.05) is 31.9 Å². The number of rotatable bonds is 8. The first kappa shape index (κ1) is 12.5. The van der Waals surface area contributed by atoms with Crippen molar-refractivity contribution in [3.8, 4) is 0 Å². The lowest BCUT2D eigenvalue weighted by Crippen LogP contribution is -2.24. The Morgan fingerprint density at radius 1 is 1.47 bits per heavy atom. The maximum atomic E-state index is 3.82. The molecule has 0 radical (unpaired) electrons. The van der Waals surface area contributed by atoms with Gasteiger partial charge in [0.15, 0.2) is 0 Å². The lowest BCUT2D eigenvalue weighted by Gasteiger charge is -2.19. The molecule has 2 heteroatoms. The fraction of sp³-hybridized carbons (Fsp3) is 0.538. The molecule has 15 heavy (non-hydrogen) atoms. The Morgan fingerprint density at radius 3 is 2.93 bits per heavy atom. The fourth-order valence-corrected chi connectivity index (χ4v) is 2.37. The smallest absolute Gasteiger partial charge is 0.0331 e. The van der Waals surface area contributed by atoms with Gasteiger partial charge in [-0.15, -0.1) is 17.9 Å². The maximum Gasteiger partial charge on any atom is 0.0331 e. The zero-order chi connectivity index (χ0) is 10.9. The molecule has 0 aliphatic rings. The van der Waals surface area contributed by atoms with Crippen LogP contribution in [0.4, 0.5) is 0 Å². The van der Waals surface area contributed by atoms with Gasteiger partial charge in [0.1, 0.15) is 0 Å². The molecule has 0 atom stereocenters. The molecule has 0 saturated heterocycles. The second kappa shape index (κ2) is 7.66. The van der Waals surface area contributed by atoms with E-state index >= 15 is 0 Å². The van der Waals surface area contributed by atoms with E-state index in [4.69, 9.17) is 0 Å². The normalized spacial score (nSPS) is 10.8. The number of hydrogen-bond acceptors (Lipinski definition) is 2. The van der Waals surface area contributed by atoms with E-state index < -0.39 is 0 Å². The van der Waals surface area contributed by atoms with Gasteiger partial charge in [0.25, 0.3) is 0 Å². The molecule has 0 amide bonds. The van der Waals surface area contributed by atoms with Crippen LogP contribution in [0.1, 0.15) is 31.1 Å². The SMILES string of the molecule is C=CCN(CCCCC)Cc1cccs1. The molecule has 0 aliphatic carbocycles. The summed E-state index contributed by atoms with van der Waals surface area (Å²) < 4.78 is 0. The molecule has 0 spiro atoms. The molecule has 0 aliphatic heterocycles. The van der Waals surface area contributed by atoms with Gasteiger partial charge in [-0.25, -0.2) is 0 Å². The van der Waals surface area contributed by atoms with Crippen molar-refractivity contribution in [2.75, 3.05) is 13.1 Å². The highest BCUT2D eigenvalue weighted by Crippen LogP contribution is 2.12. The Morgan fingerprint density at radius 2 is 2.33 bits per heavy atom. The van der Waals surface area contributed by atoms with E-state index in [2.05, 4.69) is 35.9 Å². The zero-order valence-electron chi connectivity index (χ0n) is 9.61. The summed E-state index contributed by atoms with van der Waals surface area (Å²) in [6, 6.07) is 4.33. The van der Waals surface area contributed by atoms with Crippen LogP contribution in [0.2, 0.25) is 0 Å². The van der Waals surface area contributed by atoms with Gasteiger partial charge in [-0.05, 0) is 24.4 Å². The molecule has 84 valence electrons. The van der Waals surface area contributed by atoms with Crippen LogP contribution in [0.15, 0.2) is 30.2 Å². The van der Waals surface area contributed by atoms with E-state index in [1.54, 1.807) is 0 Å². The van der Waals surface area contributed by atoms with Crippen molar-refractivity contribution in [2.45, 2.75) is 32.7 Å². The van der Waals surface area contributed by atoms with Crippen LogP contribution in [0.5, 0.6) is 0 Å². The van der Waals surface area contributed by atoms with Crippen molar-refractivity contribution in [3.05, 3.63) is 35.0 Å². The second-order valence-electron chi connectivity index (χ2n) is 3.81. The standard InChI is InChI=1S/C13H21NS/c1-3-5-6-10-14(9-4-2)12-13-8-7-11-15-13/h4,7-8,11H,2-3,5-6,9-10,12H2,1H3. The van der Waals surface area contributed by atoms with Gasteiger partial charge >= 0.3 is 0 Å². The average molecular weight is 223 g/mol. The van der Waals surface area contributed by atoms with E-state index in [1.807, 2.05) is 17.4 Å².